The van der Waals surface area contributed by atoms with E-state index in [1.54, 1.807) is 0 Å². The van der Waals surface area contributed by atoms with Crippen molar-refractivity contribution >= 4 is 23.5 Å². The molecule has 1 saturated carbocycles. The van der Waals surface area contributed by atoms with E-state index in [9.17, 15) is 14.4 Å². The number of carboxylic acids is 1. The summed E-state index contributed by atoms with van der Waals surface area (Å²) in [6, 6.07) is 7.08. The smallest absolute Gasteiger partial charge is 0.332 e. The Balaban J connectivity index is 1.52. The lowest BCUT2D eigenvalue weighted by Crippen LogP contribution is -2.37. The molecular formula is C18H22N2O5. The van der Waals surface area contributed by atoms with Gasteiger partial charge in [0.05, 0.1) is 6.04 Å². The van der Waals surface area contributed by atoms with E-state index < -0.39 is 18.2 Å². The van der Waals surface area contributed by atoms with Crippen LogP contribution in [0.15, 0.2) is 24.3 Å². The summed E-state index contributed by atoms with van der Waals surface area (Å²) in [4.78, 5) is 34.8. The van der Waals surface area contributed by atoms with Gasteiger partial charge in [0.2, 0.25) is 11.8 Å². The second-order valence-electron chi connectivity index (χ2n) is 6.64. The number of rotatable bonds is 6. The van der Waals surface area contributed by atoms with Crippen LogP contribution in [0.4, 0.5) is 5.69 Å². The van der Waals surface area contributed by atoms with Gasteiger partial charge >= 0.3 is 5.97 Å². The molecule has 0 aromatic heterocycles. The highest BCUT2D eigenvalue weighted by Crippen LogP contribution is 2.30. The number of aliphatic carboxylic acids is 1. The molecule has 25 heavy (non-hydrogen) atoms. The number of hydrogen-bond donors (Lipinski definition) is 3. The highest BCUT2D eigenvalue weighted by atomic mass is 16.5. The summed E-state index contributed by atoms with van der Waals surface area (Å²) in [6.07, 6.45) is 1.04. The fourth-order valence-electron chi connectivity index (χ4n) is 2.85. The quantitative estimate of drug-likeness (QED) is 0.729. The van der Waals surface area contributed by atoms with E-state index in [1.807, 2.05) is 31.2 Å². The molecule has 2 fully saturated rings. The molecule has 2 amide bonds. The molecule has 1 heterocycles. The molecule has 1 aliphatic heterocycles. The number of benzene rings is 1. The van der Waals surface area contributed by atoms with Crippen LogP contribution in [0.1, 0.15) is 44.2 Å². The van der Waals surface area contributed by atoms with Crippen LogP contribution in [0.2, 0.25) is 0 Å². The minimum atomic E-state index is -1.04. The third-order valence-corrected chi connectivity index (χ3v) is 4.57. The van der Waals surface area contributed by atoms with E-state index in [2.05, 4.69) is 10.6 Å². The SMILES string of the molecule is CC(NC(=O)[C@@H]1CC[C@H](C(=O)O)O1)c1ccc(NC(=O)C2CC2)cc1. The minimum absolute atomic E-state index is 0.0560. The lowest BCUT2D eigenvalue weighted by atomic mass is 10.1. The average molecular weight is 346 g/mol. The monoisotopic (exact) mass is 346 g/mol. The summed E-state index contributed by atoms with van der Waals surface area (Å²) in [5, 5.41) is 14.6. The Labute approximate surface area is 145 Å². The van der Waals surface area contributed by atoms with Crippen LogP contribution in [-0.4, -0.2) is 35.1 Å². The van der Waals surface area contributed by atoms with Gasteiger partial charge in [-0.3, -0.25) is 9.59 Å². The van der Waals surface area contributed by atoms with Crippen molar-refractivity contribution in [1.29, 1.82) is 0 Å². The van der Waals surface area contributed by atoms with Crippen molar-refractivity contribution < 1.29 is 24.2 Å². The van der Waals surface area contributed by atoms with E-state index >= 15 is 0 Å². The maximum atomic E-state index is 12.2. The van der Waals surface area contributed by atoms with E-state index in [1.165, 1.54) is 0 Å². The molecule has 1 aromatic rings. The van der Waals surface area contributed by atoms with Crippen LogP contribution < -0.4 is 10.6 Å². The van der Waals surface area contributed by atoms with Gasteiger partial charge in [-0.05, 0) is 50.3 Å². The van der Waals surface area contributed by atoms with Gasteiger partial charge in [-0.25, -0.2) is 4.79 Å². The van der Waals surface area contributed by atoms with E-state index in [0.29, 0.717) is 12.8 Å². The second kappa shape index (κ2) is 7.23. The van der Waals surface area contributed by atoms with Gasteiger partial charge in [0.1, 0.15) is 6.10 Å². The highest BCUT2D eigenvalue weighted by Gasteiger charge is 2.35. The van der Waals surface area contributed by atoms with Crippen molar-refractivity contribution in [1.82, 2.24) is 5.32 Å². The van der Waals surface area contributed by atoms with Gasteiger partial charge < -0.3 is 20.5 Å². The Morgan fingerprint density at radius 1 is 1.04 bits per heavy atom. The molecule has 7 nitrogen and oxygen atoms in total. The van der Waals surface area contributed by atoms with Gasteiger partial charge in [-0.2, -0.15) is 0 Å². The Bertz CT molecular complexity index is 669. The molecule has 3 N–H and O–H groups in total. The van der Waals surface area contributed by atoms with Gasteiger partial charge in [0.15, 0.2) is 6.10 Å². The zero-order chi connectivity index (χ0) is 18.0. The van der Waals surface area contributed by atoms with Crippen molar-refractivity contribution in [2.45, 2.75) is 50.9 Å². The van der Waals surface area contributed by atoms with Gasteiger partial charge in [0.25, 0.3) is 0 Å². The number of carbonyl (C=O) groups is 3. The third-order valence-electron chi connectivity index (χ3n) is 4.57. The predicted molar refractivity (Wildman–Crippen MR) is 89.9 cm³/mol. The van der Waals surface area contributed by atoms with E-state index in [0.717, 1.165) is 24.1 Å². The molecule has 134 valence electrons. The largest absolute Gasteiger partial charge is 0.479 e. The number of carboxylic acid groups (broad SMARTS) is 1. The molecule has 3 rings (SSSR count). The maximum Gasteiger partial charge on any atom is 0.332 e. The van der Waals surface area contributed by atoms with Crippen LogP contribution >= 0.6 is 0 Å². The second-order valence-corrected chi connectivity index (χ2v) is 6.64. The first-order chi connectivity index (χ1) is 11.9. The van der Waals surface area contributed by atoms with Crippen LogP contribution in [0, 0.1) is 5.92 Å². The first kappa shape index (κ1) is 17.4. The molecule has 0 radical (unpaired) electrons. The van der Waals surface area contributed by atoms with Gasteiger partial charge in [0, 0.05) is 11.6 Å². The van der Waals surface area contributed by atoms with Crippen molar-refractivity contribution in [3.8, 4) is 0 Å². The number of hydrogen-bond acceptors (Lipinski definition) is 4. The zero-order valence-corrected chi connectivity index (χ0v) is 14.0. The number of carbonyl (C=O) groups excluding carboxylic acids is 2. The summed E-state index contributed by atoms with van der Waals surface area (Å²) in [6.45, 7) is 1.85. The van der Waals surface area contributed by atoms with Gasteiger partial charge in [-0.15, -0.1) is 0 Å². The normalized spacial score (nSPS) is 23.7. The Hall–Kier alpha value is -2.41. The van der Waals surface area contributed by atoms with Crippen LogP contribution in [0.3, 0.4) is 0 Å². The van der Waals surface area contributed by atoms with Gasteiger partial charge in [-0.1, -0.05) is 12.1 Å². The number of amides is 2. The van der Waals surface area contributed by atoms with Crippen LogP contribution in [0.25, 0.3) is 0 Å². The summed E-state index contributed by atoms with van der Waals surface area (Å²) >= 11 is 0. The van der Waals surface area contributed by atoms with Crippen LogP contribution in [0.5, 0.6) is 0 Å². The molecule has 2 aliphatic rings. The number of nitrogens with one attached hydrogen (secondary N) is 2. The van der Waals surface area contributed by atoms with Crippen molar-refractivity contribution in [2.75, 3.05) is 5.32 Å². The Kier molecular flexibility index (Phi) is 5.03. The van der Waals surface area contributed by atoms with E-state index in [4.69, 9.17) is 9.84 Å². The topological polar surface area (TPSA) is 105 Å². The standard InChI is InChI=1S/C18H22N2O5/c1-10(19-17(22)14-8-9-15(25-14)18(23)24)11-4-6-13(7-5-11)20-16(21)12-2-3-12/h4-7,10,12,14-15H,2-3,8-9H2,1H3,(H,19,22)(H,20,21)(H,23,24)/t10?,14-,15+/m0/s1. The molecular weight excluding hydrogens is 324 g/mol. The lowest BCUT2D eigenvalue weighted by molar-refractivity contribution is -0.151. The average Bonchev–Trinajstić information content (AvgIpc) is 3.31. The molecule has 1 aromatic carbocycles. The van der Waals surface area contributed by atoms with Crippen molar-refractivity contribution in [3.05, 3.63) is 29.8 Å². The van der Waals surface area contributed by atoms with Crippen molar-refractivity contribution in [2.24, 2.45) is 5.92 Å². The maximum absolute atomic E-state index is 12.2. The molecule has 0 spiro atoms. The molecule has 1 aliphatic carbocycles. The highest BCUT2D eigenvalue weighted by molar-refractivity contribution is 5.94. The molecule has 3 atom stereocenters. The Morgan fingerprint density at radius 3 is 2.24 bits per heavy atom. The molecule has 7 heteroatoms. The first-order valence-electron chi connectivity index (χ1n) is 8.53. The minimum Gasteiger partial charge on any atom is -0.479 e. The molecule has 0 bridgehead atoms. The lowest BCUT2D eigenvalue weighted by Gasteiger charge is -2.18. The Morgan fingerprint density at radius 2 is 1.68 bits per heavy atom. The third kappa shape index (κ3) is 4.36. The summed E-state index contributed by atoms with van der Waals surface area (Å²) in [5.74, 6) is -1.13. The van der Waals surface area contributed by atoms with E-state index in [-0.39, 0.29) is 23.8 Å². The molecule has 1 saturated heterocycles. The molecule has 1 unspecified atom stereocenters. The predicted octanol–water partition coefficient (Wildman–Crippen LogP) is 1.84. The number of anilines is 1. The zero-order valence-electron chi connectivity index (χ0n) is 14.0. The van der Waals surface area contributed by atoms with Crippen molar-refractivity contribution in [3.63, 3.8) is 0 Å². The number of ether oxygens (including phenoxy) is 1. The van der Waals surface area contributed by atoms with Crippen LogP contribution in [-0.2, 0) is 19.1 Å². The first-order valence-corrected chi connectivity index (χ1v) is 8.53. The fraction of sp³-hybridized carbons (Fsp3) is 0.500. The summed E-state index contributed by atoms with van der Waals surface area (Å²) in [5.41, 5.74) is 1.63. The summed E-state index contributed by atoms with van der Waals surface area (Å²) < 4.78 is 5.25. The fourth-order valence-corrected chi connectivity index (χ4v) is 2.85. The summed E-state index contributed by atoms with van der Waals surface area (Å²) in [7, 11) is 0.